The maximum absolute atomic E-state index is 3.31. The summed E-state index contributed by atoms with van der Waals surface area (Å²) in [5.41, 5.74) is 0. The fraction of sp³-hybridized carbons (Fsp3) is 1.00. The van der Waals surface area contributed by atoms with E-state index in [4.69, 9.17) is 0 Å². The molecule has 1 aliphatic heterocycles. The number of nitrogens with one attached hydrogen (secondary N) is 1. The molecule has 5 heteroatoms. The summed E-state index contributed by atoms with van der Waals surface area (Å²) in [6.07, 6.45) is 1.27. The van der Waals surface area contributed by atoms with Gasteiger partial charge in [-0.2, -0.15) is 0 Å². The van der Waals surface area contributed by atoms with Crippen LogP contribution in [0.5, 0.6) is 0 Å². The van der Waals surface area contributed by atoms with Gasteiger partial charge in [-0.25, -0.2) is 0 Å². The van der Waals surface area contributed by atoms with Crippen molar-refractivity contribution >= 4 is 50.5 Å². The van der Waals surface area contributed by atoms with Gasteiger partial charge in [0.2, 0.25) is 0 Å². The molecule has 0 aromatic carbocycles. The Balaban J connectivity index is 0.000000354. The molecule has 2 nitrogen and oxygen atoms in total. The van der Waals surface area contributed by atoms with Crippen molar-refractivity contribution in [1.82, 2.24) is 10.2 Å². The molecule has 1 fully saturated rings. The third-order valence-corrected chi connectivity index (χ3v) is 2.10. The van der Waals surface area contributed by atoms with E-state index >= 15 is 0 Å². The van der Waals surface area contributed by atoms with Crippen LogP contribution >= 0.6 is 50.5 Å². The molecule has 12 heavy (non-hydrogen) atoms. The van der Waals surface area contributed by atoms with Gasteiger partial charge in [-0.1, -0.05) is 6.92 Å². The Morgan fingerprint density at radius 2 is 2.17 bits per heavy atom. The van der Waals surface area contributed by atoms with Gasteiger partial charge in [0.05, 0.1) is 0 Å². The average Bonchev–Trinajstić information content (AvgIpc) is 2.56. The van der Waals surface area contributed by atoms with E-state index in [0.29, 0.717) is 13.3 Å². The summed E-state index contributed by atoms with van der Waals surface area (Å²) in [6, 6.07) is 0.764. The predicted octanol–water partition coefficient (Wildman–Crippen LogP) is 3.04. The first-order valence-electron chi connectivity index (χ1n) is 4.10. The molecule has 1 unspecified atom stereocenters. The van der Waals surface area contributed by atoms with Crippen molar-refractivity contribution in [3.63, 3.8) is 0 Å². The topological polar surface area (TPSA) is 15.3 Å². The Labute approximate surface area is 105 Å². The van der Waals surface area contributed by atoms with Gasteiger partial charge in [0, 0.05) is 25.8 Å². The van der Waals surface area contributed by atoms with E-state index < -0.39 is 0 Å². The third kappa shape index (κ3) is 6.55. The molecule has 0 radical (unpaired) electrons. The van der Waals surface area contributed by atoms with Crippen LogP contribution in [-0.4, -0.2) is 30.7 Å². The van der Waals surface area contributed by atoms with E-state index in [1.165, 1.54) is 19.5 Å². The summed E-state index contributed by atoms with van der Waals surface area (Å²) in [5, 5.41) is 3.31. The number of nitrogens with zero attached hydrogens (tertiary/aromatic N) is 1. The monoisotopic (exact) mass is 510 g/mol. The molecule has 1 atom stereocenters. The quantitative estimate of drug-likeness (QED) is 0.576. The van der Waals surface area contributed by atoms with Crippen molar-refractivity contribution in [3.8, 4) is 0 Å². The Morgan fingerprint density at radius 1 is 1.58 bits per heavy atom. The zero-order chi connectivity index (χ0) is 9.40. The van der Waals surface area contributed by atoms with Gasteiger partial charge in [0.1, 0.15) is 0 Å². The van der Waals surface area contributed by atoms with Crippen LogP contribution in [0.1, 0.15) is 20.3 Å². The molecule has 1 aliphatic rings. The molecule has 1 N–H and O–H groups in total. The fourth-order valence-corrected chi connectivity index (χ4v) is 1.16. The standard InChI is InChI=1S/C7H16N2.HI3/c1-3-7(2)9-5-4-8-6-9;1-3-2/h7-8H,3-6H2,1-2H3;3H. The minimum absolute atomic E-state index is 0.410. The van der Waals surface area contributed by atoms with Crippen LogP contribution < -0.4 is 5.32 Å². The molecule has 0 aromatic heterocycles. The van der Waals surface area contributed by atoms with E-state index in [1.54, 1.807) is 0 Å². The Morgan fingerprint density at radius 3 is 2.50 bits per heavy atom. The van der Waals surface area contributed by atoms with Crippen molar-refractivity contribution in [2.24, 2.45) is 0 Å². The molecule has 0 bridgehead atoms. The van der Waals surface area contributed by atoms with Gasteiger partial charge in [0.25, 0.3) is 0 Å². The molecular weight excluding hydrogens is 493 g/mol. The third-order valence-electron chi connectivity index (χ3n) is 2.10. The molecule has 0 aromatic rings. The van der Waals surface area contributed by atoms with Crippen LogP contribution in [0.3, 0.4) is 0 Å². The van der Waals surface area contributed by atoms with Gasteiger partial charge >= 0.3 is 50.5 Å². The van der Waals surface area contributed by atoms with Crippen molar-refractivity contribution < 1.29 is 0 Å². The van der Waals surface area contributed by atoms with Crippen LogP contribution in [0, 0.1) is 0 Å². The molecule has 1 rings (SSSR count). The van der Waals surface area contributed by atoms with Crippen LogP contribution in [0.15, 0.2) is 0 Å². The predicted molar refractivity (Wildman–Crippen MR) is 82.8 cm³/mol. The van der Waals surface area contributed by atoms with Crippen LogP contribution in [0.25, 0.3) is 0 Å². The second-order valence-corrected chi connectivity index (χ2v) is 20.3. The van der Waals surface area contributed by atoms with Crippen LogP contribution in [0.4, 0.5) is 0 Å². The molecular formula is C7H17I3N2. The molecule has 0 spiro atoms. The normalized spacial score (nSPS) is 20.3. The molecule has 0 amide bonds. The van der Waals surface area contributed by atoms with Crippen molar-refractivity contribution in [3.05, 3.63) is 0 Å². The summed E-state index contributed by atoms with van der Waals surface area (Å²) in [7, 11) is 0. The summed E-state index contributed by atoms with van der Waals surface area (Å²) in [5.74, 6) is 0. The minimum atomic E-state index is 0.410. The second kappa shape index (κ2) is 9.66. The van der Waals surface area contributed by atoms with Crippen molar-refractivity contribution in [1.29, 1.82) is 0 Å². The van der Waals surface area contributed by atoms with E-state index in [0.717, 1.165) is 12.7 Å². The van der Waals surface area contributed by atoms with Gasteiger partial charge in [-0.05, 0) is 13.3 Å². The molecule has 0 aliphatic carbocycles. The SMILES string of the molecule is CCC(C)N1CCNC1.I[IH]I. The van der Waals surface area contributed by atoms with Crippen LogP contribution in [0.2, 0.25) is 0 Å². The Bertz CT molecular complexity index is 96.7. The number of rotatable bonds is 2. The van der Waals surface area contributed by atoms with Gasteiger partial charge in [-0.15, -0.1) is 0 Å². The number of hydrogen-bond acceptors (Lipinski definition) is 2. The Kier molecular flexibility index (Phi) is 11.4. The molecule has 1 heterocycles. The molecule has 1 saturated heterocycles. The van der Waals surface area contributed by atoms with Gasteiger partial charge in [-0.3, -0.25) is 4.90 Å². The maximum atomic E-state index is 3.31. The zero-order valence-electron chi connectivity index (χ0n) is 7.52. The van der Waals surface area contributed by atoms with E-state index in [-0.39, 0.29) is 0 Å². The number of hydrogen-bond donors (Lipinski definition) is 1. The van der Waals surface area contributed by atoms with E-state index in [2.05, 4.69) is 61.3 Å². The Hall–Kier alpha value is 2.11. The summed E-state index contributed by atoms with van der Waals surface area (Å²) in [6.45, 7) is 8.02. The van der Waals surface area contributed by atoms with E-state index in [9.17, 15) is 0 Å². The zero-order valence-corrected chi connectivity index (χ0v) is 14.2. The average molecular weight is 510 g/mol. The van der Waals surface area contributed by atoms with Crippen molar-refractivity contribution in [2.45, 2.75) is 26.3 Å². The first kappa shape index (κ1) is 14.1. The number of halogens is 3. The fourth-order valence-electron chi connectivity index (χ4n) is 1.16. The van der Waals surface area contributed by atoms with Crippen LogP contribution in [-0.2, 0) is 0 Å². The second-order valence-electron chi connectivity index (χ2n) is 2.79. The summed E-state index contributed by atoms with van der Waals surface area (Å²) >= 11 is 5.22. The first-order valence-corrected chi connectivity index (χ1v) is 17.7. The first-order chi connectivity index (χ1) is 5.76. The molecule has 0 saturated carbocycles. The van der Waals surface area contributed by atoms with Gasteiger partial charge in [0.15, 0.2) is 0 Å². The summed E-state index contributed by atoms with van der Waals surface area (Å²) in [4.78, 5) is 2.47. The van der Waals surface area contributed by atoms with Gasteiger partial charge < -0.3 is 5.32 Å². The molecule has 76 valence electrons. The van der Waals surface area contributed by atoms with Crippen molar-refractivity contribution in [2.75, 3.05) is 19.8 Å². The van der Waals surface area contributed by atoms with E-state index in [1.807, 2.05) is 0 Å². The summed E-state index contributed by atoms with van der Waals surface area (Å²) < 4.78 is 0.